The van der Waals surface area contributed by atoms with Crippen LogP contribution >= 0.6 is 0 Å². The summed E-state index contributed by atoms with van der Waals surface area (Å²) in [4.78, 5) is 14.1. The van der Waals surface area contributed by atoms with E-state index >= 15 is 0 Å². The number of carbonyl (C=O) groups excluding carboxylic acids is 1. The molecular weight excluding hydrogens is 116 g/mol. The van der Waals surface area contributed by atoms with Gasteiger partial charge in [-0.1, -0.05) is 6.08 Å². The molecule has 9 heavy (non-hydrogen) atoms. The number of allylic oxidation sites excluding steroid dienone is 1. The number of hydrogen-bond donors (Lipinski definition) is 0. The number of dihydropyridines is 1. The zero-order chi connectivity index (χ0) is 6.69. The van der Waals surface area contributed by atoms with Gasteiger partial charge < -0.3 is 0 Å². The van der Waals surface area contributed by atoms with E-state index in [9.17, 15) is 4.79 Å². The van der Waals surface area contributed by atoms with Crippen LogP contribution in [0.4, 0.5) is 0 Å². The highest BCUT2D eigenvalue weighted by Crippen LogP contribution is 2.01. The zero-order valence-electron chi connectivity index (χ0n) is 4.87. The first-order valence-electron chi connectivity index (χ1n) is 2.74. The molecule has 1 unspecified atom stereocenters. The summed E-state index contributed by atoms with van der Waals surface area (Å²) in [5, 5.41) is 0. The molecule has 0 spiro atoms. The number of amides is 1. The smallest absolute Gasteiger partial charge is 0.263 e. The second kappa shape index (κ2) is 2.44. The first kappa shape index (κ1) is 6.01. The highest BCUT2D eigenvalue weighted by Gasteiger charge is 2.12. The molecule has 1 heterocycles. The Hall–Kier alpha value is -1.12. The summed E-state index contributed by atoms with van der Waals surface area (Å²) in [6.07, 6.45) is 5.75. The second-order valence-electron chi connectivity index (χ2n) is 1.84. The molecule has 0 fully saturated rings. The Kier molecular flexibility index (Phi) is 1.63. The Labute approximate surface area is 53.3 Å². The monoisotopic (exact) mass is 123 g/mol. The van der Waals surface area contributed by atoms with E-state index in [1.54, 1.807) is 12.3 Å². The Morgan fingerprint density at radius 3 is 2.89 bits per heavy atom. The van der Waals surface area contributed by atoms with Crippen molar-refractivity contribution in [3.63, 3.8) is 0 Å². The molecule has 1 aliphatic heterocycles. The van der Waals surface area contributed by atoms with Crippen molar-refractivity contribution in [3.05, 3.63) is 12.2 Å². The molecule has 1 aliphatic rings. The third kappa shape index (κ3) is 1.38. The van der Waals surface area contributed by atoms with Gasteiger partial charge in [-0.2, -0.15) is 0 Å². The molecule has 0 saturated carbocycles. The van der Waals surface area contributed by atoms with Crippen molar-refractivity contribution < 1.29 is 4.79 Å². The van der Waals surface area contributed by atoms with Crippen molar-refractivity contribution in [2.45, 2.75) is 12.5 Å². The minimum atomic E-state index is -0.601. The van der Waals surface area contributed by atoms with Crippen LogP contribution in [0.25, 0.3) is 0 Å². The van der Waals surface area contributed by atoms with E-state index in [4.69, 9.17) is 5.73 Å². The van der Waals surface area contributed by atoms with E-state index in [-0.39, 0.29) is 0 Å². The molecule has 0 aromatic rings. The third-order valence-corrected chi connectivity index (χ3v) is 1.15. The van der Waals surface area contributed by atoms with Crippen LogP contribution in [-0.2, 0) is 4.79 Å². The minimum Gasteiger partial charge on any atom is -0.280 e. The van der Waals surface area contributed by atoms with Crippen molar-refractivity contribution in [3.8, 4) is 0 Å². The average molecular weight is 123 g/mol. The van der Waals surface area contributed by atoms with Gasteiger partial charge in [0.05, 0.1) is 0 Å². The standard InChI is InChI=1S/C6H7N2O/c7-6(9)5-3-1-2-4-8-5/h1-2,4-5,7H,3H2. The van der Waals surface area contributed by atoms with Gasteiger partial charge in [0.25, 0.3) is 5.91 Å². The predicted molar refractivity (Wildman–Crippen MR) is 34.1 cm³/mol. The van der Waals surface area contributed by atoms with Crippen LogP contribution in [0, 0.1) is 0 Å². The predicted octanol–water partition coefficient (Wildman–Crippen LogP) is 0.195. The molecule has 0 aliphatic carbocycles. The van der Waals surface area contributed by atoms with E-state index in [0.29, 0.717) is 6.42 Å². The lowest BCUT2D eigenvalue weighted by atomic mass is 10.2. The highest BCUT2D eigenvalue weighted by molar-refractivity contribution is 5.84. The van der Waals surface area contributed by atoms with Gasteiger partial charge in [-0.05, 0) is 12.5 Å². The van der Waals surface area contributed by atoms with E-state index in [1.807, 2.05) is 6.08 Å². The van der Waals surface area contributed by atoms with Gasteiger partial charge in [-0.25, -0.2) is 0 Å². The summed E-state index contributed by atoms with van der Waals surface area (Å²) in [7, 11) is 0. The largest absolute Gasteiger partial charge is 0.280 e. The summed E-state index contributed by atoms with van der Waals surface area (Å²) < 4.78 is 0. The molecule has 1 amide bonds. The van der Waals surface area contributed by atoms with Gasteiger partial charge >= 0.3 is 0 Å². The molecule has 1 N–H and O–H groups in total. The molecule has 0 saturated heterocycles. The lowest BCUT2D eigenvalue weighted by Gasteiger charge is -2.05. The summed E-state index contributed by atoms with van der Waals surface area (Å²) >= 11 is 0. The molecule has 0 aromatic carbocycles. The van der Waals surface area contributed by atoms with Gasteiger partial charge in [0, 0.05) is 6.21 Å². The van der Waals surface area contributed by atoms with Crippen molar-refractivity contribution in [2.75, 3.05) is 0 Å². The lowest BCUT2D eigenvalue weighted by molar-refractivity contribution is -0.119. The molecule has 3 nitrogen and oxygen atoms in total. The topological polar surface area (TPSA) is 53.2 Å². The highest BCUT2D eigenvalue weighted by atomic mass is 16.1. The minimum absolute atomic E-state index is 0.435. The third-order valence-electron chi connectivity index (χ3n) is 1.15. The summed E-state index contributed by atoms with van der Waals surface area (Å²) in [5.41, 5.74) is 6.69. The number of nitrogens with one attached hydrogen (secondary N) is 1. The first-order chi connectivity index (χ1) is 4.30. The SMILES string of the molecule is [NH]C(=O)C1CC=CC=N1. The van der Waals surface area contributed by atoms with Crippen molar-refractivity contribution in [2.24, 2.45) is 4.99 Å². The maximum absolute atomic E-state index is 10.3. The van der Waals surface area contributed by atoms with Crippen LogP contribution in [-0.4, -0.2) is 18.2 Å². The molecule has 3 heteroatoms. The Morgan fingerprint density at radius 1 is 1.78 bits per heavy atom. The second-order valence-corrected chi connectivity index (χ2v) is 1.84. The van der Waals surface area contributed by atoms with Crippen molar-refractivity contribution in [1.29, 1.82) is 0 Å². The number of rotatable bonds is 1. The first-order valence-corrected chi connectivity index (χ1v) is 2.74. The van der Waals surface area contributed by atoms with Crippen molar-refractivity contribution in [1.82, 2.24) is 5.73 Å². The molecule has 1 radical (unpaired) electrons. The quantitative estimate of drug-likeness (QED) is 0.491. The number of carbonyl (C=O) groups is 1. The Balaban J connectivity index is 2.56. The van der Waals surface area contributed by atoms with Gasteiger partial charge in [-0.15, -0.1) is 0 Å². The lowest BCUT2D eigenvalue weighted by Crippen LogP contribution is -2.19. The molecule has 1 rings (SSSR count). The number of nitrogens with zero attached hydrogens (tertiary/aromatic N) is 1. The van der Waals surface area contributed by atoms with Crippen LogP contribution in [0.1, 0.15) is 6.42 Å². The van der Waals surface area contributed by atoms with Crippen LogP contribution in [0.15, 0.2) is 17.1 Å². The summed E-state index contributed by atoms with van der Waals surface area (Å²) in [5.74, 6) is -0.601. The van der Waals surface area contributed by atoms with Gasteiger partial charge in [-0.3, -0.25) is 15.5 Å². The number of hydrogen-bond acceptors (Lipinski definition) is 2. The fraction of sp³-hybridized carbons (Fsp3) is 0.333. The van der Waals surface area contributed by atoms with E-state index in [1.165, 1.54) is 0 Å². The summed E-state index contributed by atoms with van der Waals surface area (Å²) in [6, 6.07) is -0.435. The van der Waals surface area contributed by atoms with Gasteiger partial charge in [0.2, 0.25) is 0 Å². The molecule has 0 bridgehead atoms. The van der Waals surface area contributed by atoms with Crippen molar-refractivity contribution >= 4 is 12.1 Å². The Bertz CT molecular complexity index is 172. The molecular formula is C6H7N2O. The van der Waals surface area contributed by atoms with E-state index in [0.717, 1.165) is 0 Å². The van der Waals surface area contributed by atoms with E-state index in [2.05, 4.69) is 4.99 Å². The zero-order valence-corrected chi connectivity index (χ0v) is 4.87. The molecule has 0 aromatic heterocycles. The van der Waals surface area contributed by atoms with E-state index < -0.39 is 11.9 Å². The maximum Gasteiger partial charge on any atom is 0.263 e. The summed E-state index contributed by atoms with van der Waals surface area (Å²) in [6.45, 7) is 0. The van der Waals surface area contributed by atoms with Gasteiger partial charge in [0.15, 0.2) is 0 Å². The molecule has 47 valence electrons. The van der Waals surface area contributed by atoms with Gasteiger partial charge in [0.1, 0.15) is 6.04 Å². The number of aliphatic imine (C=N–C) groups is 1. The van der Waals surface area contributed by atoms with Crippen LogP contribution in [0.5, 0.6) is 0 Å². The van der Waals surface area contributed by atoms with Crippen LogP contribution < -0.4 is 5.73 Å². The molecule has 1 atom stereocenters. The normalized spacial score (nSPS) is 24.2. The maximum atomic E-state index is 10.3. The fourth-order valence-corrected chi connectivity index (χ4v) is 0.657. The van der Waals surface area contributed by atoms with Crippen LogP contribution in [0.3, 0.4) is 0 Å². The van der Waals surface area contributed by atoms with Crippen LogP contribution in [0.2, 0.25) is 0 Å². The average Bonchev–Trinajstić information content (AvgIpc) is 1.90. The fourth-order valence-electron chi connectivity index (χ4n) is 0.657. The Morgan fingerprint density at radius 2 is 2.56 bits per heavy atom.